The molecule has 1 aromatic heterocycles. The van der Waals surface area contributed by atoms with E-state index in [1.165, 1.54) is 0 Å². The summed E-state index contributed by atoms with van der Waals surface area (Å²) in [7, 11) is -2.85. The van der Waals surface area contributed by atoms with Crippen LogP contribution >= 0.6 is 23.2 Å². The van der Waals surface area contributed by atoms with Crippen LogP contribution < -0.4 is 5.32 Å². The number of hydrogen-bond donors (Lipinski definition) is 1. The zero-order valence-corrected chi connectivity index (χ0v) is 13.5. The van der Waals surface area contributed by atoms with Crippen molar-refractivity contribution in [3.05, 3.63) is 34.3 Å². The predicted octanol–water partition coefficient (Wildman–Crippen LogP) is 3.39. The van der Waals surface area contributed by atoms with E-state index in [4.69, 9.17) is 23.2 Å². The molecule has 2 aromatic rings. The lowest BCUT2D eigenvalue weighted by atomic mass is 10.1. The Labute approximate surface area is 133 Å². The molecule has 0 bridgehead atoms. The summed E-state index contributed by atoms with van der Waals surface area (Å²) in [6.07, 6.45) is 0.704. The number of benzene rings is 1. The van der Waals surface area contributed by atoms with Gasteiger partial charge in [-0.05, 0) is 30.5 Å². The minimum Gasteiger partial charge on any atom is -0.370 e. The first kappa shape index (κ1) is 14.9. The summed E-state index contributed by atoms with van der Waals surface area (Å²) < 4.78 is 22.9. The van der Waals surface area contributed by atoms with Crippen molar-refractivity contribution in [1.29, 1.82) is 0 Å². The van der Waals surface area contributed by atoms with Crippen molar-refractivity contribution in [2.24, 2.45) is 5.92 Å². The monoisotopic (exact) mass is 344 g/mol. The second-order valence-electron chi connectivity index (χ2n) is 5.28. The Morgan fingerprint density at radius 2 is 2.00 bits per heavy atom. The summed E-state index contributed by atoms with van der Waals surface area (Å²) in [6.45, 7) is 0.593. The molecule has 1 saturated heterocycles. The molecule has 4 nitrogen and oxygen atoms in total. The van der Waals surface area contributed by atoms with Crippen molar-refractivity contribution in [2.45, 2.75) is 6.42 Å². The average molecular weight is 345 g/mol. The van der Waals surface area contributed by atoms with Crippen LogP contribution in [0.15, 0.2) is 24.3 Å². The van der Waals surface area contributed by atoms with E-state index in [0.29, 0.717) is 34.3 Å². The third kappa shape index (κ3) is 3.25. The number of rotatable bonds is 3. The highest BCUT2D eigenvalue weighted by molar-refractivity contribution is 7.91. The van der Waals surface area contributed by atoms with Crippen LogP contribution in [-0.2, 0) is 9.84 Å². The van der Waals surface area contributed by atoms with Gasteiger partial charge < -0.3 is 5.32 Å². The number of pyridine rings is 1. The van der Waals surface area contributed by atoms with Crippen LogP contribution in [0.25, 0.3) is 10.9 Å². The Hall–Kier alpha value is -1.04. The first-order chi connectivity index (χ1) is 9.94. The molecule has 2 heterocycles. The van der Waals surface area contributed by atoms with Crippen LogP contribution in [0, 0.1) is 5.92 Å². The molecule has 1 N–H and O–H groups in total. The molecule has 1 aliphatic rings. The lowest BCUT2D eigenvalue weighted by Gasteiger charge is -2.11. The third-order valence-corrected chi connectivity index (χ3v) is 6.28. The number of anilines is 1. The van der Waals surface area contributed by atoms with Gasteiger partial charge in [-0.25, -0.2) is 13.4 Å². The summed E-state index contributed by atoms with van der Waals surface area (Å²) in [5.74, 6) is 1.35. The second-order valence-corrected chi connectivity index (χ2v) is 8.29. The van der Waals surface area contributed by atoms with Gasteiger partial charge in [-0.15, -0.1) is 0 Å². The average Bonchev–Trinajstić information content (AvgIpc) is 2.80. The van der Waals surface area contributed by atoms with Crippen molar-refractivity contribution >= 4 is 49.8 Å². The van der Waals surface area contributed by atoms with Gasteiger partial charge in [-0.3, -0.25) is 0 Å². The molecule has 0 radical (unpaired) electrons. The van der Waals surface area contributed by atoms with Gasteiger partial charge in [0.2, 0.25) is 0 Å². The third-order valence-electron chi connectivity index (χ3n) is 3.65. The number of sulfone groups is 1. The highest BCUT2D eigenvalue weighted by Gasteiger charge is 2.27. The van der Waals surface area contributed by atoms with Gasteiger partial charge >= 0.3 is 0 Å². The summed E-state index contributed by atoms with van der Waals surface area (Å²) in [5, 5.41) is 5.00. The Kier molecular flexibility index (Phi) is 3.99. The molecule has 1 aromatic carbocycles. The summed E-state index contributed by atoms with van der Waals surface area (Å²) in [6, 6.07) is 7.38. The van der Waals surface area contributed by atoms with E-state index in [-0.39, 0.29) is 17.4 Å². The molecule has 0 aliphatic carbocycles. The first-order valence-electron chi connectivity index (χ1n) is 6.64. The van der Waals surface area contributed by atoms with Gasteiger partial charge in [-0.2, -0.15) is 0 Å². The molecule has 7 heteroatoms. The number of nitrogens with zero attached hydrogens (tertiary/aromatic N) is 1. The molecule has 112 valence electrons. The maximum Gasteiger partial charge on any atom is 0.150 e. The van der Waals surface area contributed by atoms with Crippen LogP contribution in [0.5, 0.6) is 0 Å². The maximum atomic E-state index is 11.4. The Morgan fingerprint density at radius 1 is 1.24 bits per heavy atom. The quantitative estimate of drug-likeness (QED) is 0.926. The topological polar surface area (TPSA) is 59.1 Å². The molecular weight excluding hydrogens is 331 g/mol. The van der Waals surface area contributed by atoms with Gasteiger partial charge in [-0.1, -0.05) is 29.3 Å². The fourth-order valence-electron chi connectivity index (χ4n) is 2.51. The van der Waals surface area contributed by atoms with Crippen molar-refractivity contribution in [1.82, 2.24) is 4.98 Å². The number of aromatic nitrogens is 1. The Balaban J connectivity index is 1.77. The molecule has 0 spiro atoms. The number of nitrogens with one attached hydrogen (secondary N) is 1. The minimum atomic E-state index is -2.85. The lowest BCUT2D eigenvalue weighted by Crippen LogP contribution is -2.16. The van der Waals surface area contributed by atoms with Crippen molar-refractivity contribution in [3.8, 4) is 0 Å². The normalized spacial score (nSPS) is 20.8. The highest BCUT2D eigenvalue weighted by atomic mass is 35.5. The van der Waals surface area contributed by atoms with Crippen molar-refractivity contribution in [3.63, 3.8) is 0 Å². The molecule has 1 fully saturated rings. The van der Waals surface area contributed by atoms with E-state index in [0.717, 1.165) is 5.39 Å². The van der Waals surface area contributed by atoms with Crippen LogP contribution in [-0.4, -0.2) is 31.5 Å². The minimum absolute atomic E-state index is 0.141. The molecular formula is C14H14Cl2N2O2S. The zero-order chi connectivity index (χ0) is 15.0. The first-order valence-corrected chi connectivity index (χ1v) is 9.21. The summed E-state index contributed by atoms with van der Waals surface area (Å²) in [5.41, 5.74) is 0.646. The standard InChI is InChI=1S/C14H14Cl2N2O2S/c15-11-3-1-10-2-4-12(18-14(10)13(11)16)17-7-9-5-6-21(19,20)8-9/h1-4,9H,5-8H2,(H,17,18). The van der Waals surface area contributed by atoms with E-state index in [1.807, 2.05) is 18.2 Å². The van der Waals surface area contributed by atoms with Gasteiger partial charge in [0, 0.05) is 11.9 Å². The fourth-order valence-corrected chi connectivity index (χ4v) is 4.74. The molecule has 1 unspecified atom stereocenters. The van der Waals surface area contributed by atoms with E-state index in [2.05, 4.69) is 10.3 Å². The smallest absolute Gasteiger partial charge is 0.150 e. The molecule has 1 atom stereocenters. The van der Waals surface area contributed by atoms with Gasteiger partial charge in [0.25, 0.3) is 0 Å². The van der Waals surface area contributed by atoms with E-state index in [9.17, 15) is 8.42 Å². The van der Waals surface area contributed by atoms with Crippen LogP contribution in [0.4, 0.5) is 5.82 Å². The molecule has 0 saturated carbocycles. The van der Waals surface area contributed by atoms with Crippen LogP contribution in [0.3, 0.4) is 0 Å². The zero-order valence-electron chi connectivity index (χ0n) is 11.1. The van der Waals surface area contributed by atoms with E-state index in [1.54, 1.807) is 6.07 Å². The number of halogens is 2. The summed E-state index contributed by atoms with van der Waals surface area (Å²) in [4.78, 5) is 4.46. The van der Waals surface area contributed by atoms with Crippen molar-refractivity contribution < 1.29 is 8.42 Å². The van der Waals surface area contributed by atoms with Crippen molar-refractivity contribution in [2.75, 3.05) is 23.4 Å². The van der Waals surface area contributed by atoms with Gasteiger partial charge in [0.15, 0.2) is 9.84 Å². The maximum absolute atomic E-state index is 11.4. The SMILES string of the molecule is O=S1(=O)CCC(CNc2ccc3ccc(Cl)c(Cl)c3n2)C1. The van der Waals surface area contributed by atoms with Crippen LogP contribution in [0.1, 0.15) is 6.42 Å². The molecule has 3 rings (SSSR count). The van der Waals surface area contributed by atoms with Gasteiger partial charge in [0.05, 0.1) is 27.1 Å². The largest absolute Gasteiger partial charge is 0.370 e. The fraction of sp³-hybridized carbons (Fsp3) is 0.357. The molecule has 0 amide bonds. The summed E-state index contributed by atoms with van der Waals surface area (Å²) >= 11 is 12.2. The second kappa shape index (κ2) is 5.63. The number of fused-ring (bicyclic) bond motifs is 1. The highest BCUT2D eigenvalue weighted by Crippen LogP contribution is 2.30. The van der Waals surface area contributed by atoms with Gasteiger partial charge in [0.1, 0.15) is 5.82 Å². The Bertz CT molecular complexity index is 793. The Morgan fingerprint density at radius 3 is 2.71 bits per heavy atom. The predicted molar refractivity (Wildman–Crippen MR) is 87.0 cm³/mol. The number of hydrogen-bond acceptors (Lipinski definition) is 4. The van der Waals surface area contributed by atoms with E-state index >= 15 is 0 Å². The van der Waals surface area contributed by atoms with E-state index < -0.39 is 9.84 Å². The molecule has 1 aliphatic heterocycles. The lowest BCUT2D eigenvalue weighted by molar-refractivity contribution is 0.595. The van der Waals surface area contributed by atoms with Crippen LogP contribution in [0.2, 0.25) is 10.0 Å². The molecule has 21 heavy (non-hydrogen) atoms.